The van der Waals surface area contributed by atoms with Crippen LogP contribution in [0.25, 0.3) is 11.0 Å². The van der Waals surface area contributed by atoms with E-state index in [1.165, 1.54) is 16.8 Å². The maximum absolute atomic E-state index is 13.6. The van der Waals surface area contributed by atoms with Crippen LogP contribution in [0.1, 0.15) is 41.2 Å². The maximum atomic E-state index is 13.6. The average Bonchev–Trinajstić information content (AvgIpc) is 3.17. The first-order chi connectivity index (χ1) is 15.7. The minimum absolute atomic E-state index is 0.0191. The number of rotatable bonds is 6. The van der Waals surface area contributed by atoms with Crippen molar-refractivity contribution in [1.29, 1.82) is 0 Å². The number of halogens is 4. The summed E-state index contributed by atoms with van der Waals surface area (Å²) in [4.78, 5) is 19.9. The van der Waals surface area contributed by atoms with Crippen molar-refractivity contribution < 1.29 is 22.3 Å². The fourth-order valence-corrected chi connectivity index (χ4v) is 3.67. The van der Waals surface area contributed by atoms with Crippen LogP contribution < -0.4 is 10.3 Å². The standard InChI is InChI=1S/C23H20F4N4O2/c1-13(15-6-8-16(9-7-15)23(25,26)27)31-21-20(18(12-24)30-31)22(32)29-19(28-21)11-14-4-3-5-17(10-14)33-2/h3-10,13H,11-12H2,1-2H3,(H,28,29,32)/t13-/m1/s1. The van der Waals surface area contributed by atoms with Crippen molar-refractivity contribution >= 4 is 11.0 Å². The maximum Gasteiger partial charge on any atom is 0.416 e. The molecule has 6 nitrogen and oxygen atoms in total. The van der Waals surface area contributed by atoms with E-state index in [9.17, 15) is 22.4 Å². The van der Waals surface area contributed by atoms with E-state index in [2.05, 4.69) is 15.1 Å². The molecule has 0 saturated heterocycles. The Hall–Kier alpha value is -3.69. The second-order valence-corrected chi connectivity index (χ2v) is 7.56. The molecule has 10 heteroatoms. The normalized spacial score (nSPS) is 12.8. The summed E-state index contributed by atoms with van der Waals surface area (Å²) < 4.78 is 58.9. The Labute approximate surface area is 185 Å². The summed E-state index contributed by atoms with van der Waals surface area (Å²) in [5, 5.41) is 4.23. The van der Waals surface area contributed by atoms with E-state index in [4.69, 9.17) is 4.74 Å². The third-order valence-electron chi connectivity index (χ3n) is 5.40. The van der Waals surface area contributed by atoms with Gasteiger partial charge in [0.2, 0.25) is 0 Å². The average molecular weight is 460 g/mol. The molecule has 0 aliphatic rings. The number of H-pyrrole nitrogens is 1. The van der Waals surface area contributed by atoms with Crippen molar-refractivity contribution in [3.8, 4) is 5.75 Å². The van der Waals surface area contributed by atoms with Gasteiger partial charge < -0.3 is 9.72 Å². The smallest absolute Gasteiger partial charge is 0.416 e. The largest absolute Gasteiger partial charge is 0.497 e. The summed E-state index contributed by atoms with van der Waals surface area (Å²) in [6.07, 6.45) is -4.17. The number of alkyl halides is 4. The van der Waals surface area contributed by atoms with Gasteiger partial charge in [0.25, 0.3) is 5.56 Å². The topological polar surface area (TPSA) is 72.8 Å². The molecule has 2 heterocycles. The molecule has 0 amide bonds. The molecule has 0 fully saturated rings. The number of hydrogen-bond acceptors (Lipinski definition) is 4. The van der Waals surface area contributed by atoms with Crippen LogP contribution >= 0.6 is 0 Å². The Morgan fingerprint density at radius 1 is 1.15 bits per heavy atom. The Bertz CT molecular complexity index is 1340. The molecule has 0 bridgehead atoms. The van der Waals surface area contributed by atoms with Gasteiger partial charge in [0, 0.05) is 6.42 Å². The Morgan fingerprint density at radius 2 is 1.88 bits per heavy atom. The molecular formula is C23H20F4N4O2. The number of benzene rings is 2. The number of ether oxygens (including phenoxy) is 1. The molecule has 33 heavy (non-hydrogen) atoms. The van der Waals surface area contributed by atoms with Crippen LogP contribution in [-0.4, -0.2) is 26.9 Å². The van der Waals surface area contributed by atoms with Crippen LogP contribution in [-0.2, 0) is 19.3 Å². The second kappa shape index (κ2) is 8.68. The zero-order valence-corrected chi connectivity index (χ0v) is 17.8. The molecule has 1 N–H and O–H groups in total. The predicted molar refractivity (Wildman–Crippen MR) is 114 cm³/mol. The van der Waals surface area contributed by atoms with Crippen molar-refractivity contribution in [1.82, 2.24) is 19.7 Å². The van der Waals surface area contributed by atoms with Gasteiger partial charge in [0.1, 0.15) is 29.3 Å². The molecular weight excluding hydrogens is 440 g/mol. The van der Waals surface area contributed by atoms with Crippen LogP contribution in [0, 0.1) is 0 Å². The molecule has 4 rings (SSSR count). The number of hydrogen-bond donors (Lipinski definition) is 1. The molecule has 0 unspecified atom stereocenters. The minimum atomic E-state index is -4.45. The molecule has 1 atom stereocenters. The van der Waals surface area contributed by atoms with Crippen molar-refractivity contribution in [3.63, 3.8) is 0 Å². The van der Waals surface area contributed by atoms with Gasteiger partial charge in [-0.05, 0) is 42.3 Å². The lowest BCUT2D eigenvalue weighted by Gasteiger charge is -2.15. The van der Waals surface area contributed by atoms with E-state index < -0.39 is 30.0 Å². The number of nitrogens with one attached hydrogen (secondary N) is 1. The molecule has 0 spiro atoms. The first kappa shape index (κ1) is 22.5. The first-order valence-electron chi connectivity index (χ1n) is 10.1. The fraction of sp³-hybridized carbons (Fsp3) is 0.261. The summed E-state index contributed by atoms with van der Waals surface area (Å²) in [6.45, 7) is 0.713. The zero-order valence-electron chi connectivity index (χ0n) is 17.8. The Balaban J connectivity index is 1.77. The van der Waals surface area contributed by atoms with Gasteiger partial charge >= 0.3 is 6.18 Å². The highest BCUT2D eigenvalue weighted by atomic mass is 19.4. The van der Waals surface area contributed by atoms with Gasteiger partial charge in [-0.25, -0.2) is 14.1 Å². The van der Waals surface area contributed by atoms with E-state index in [-0.39, 0.29) is 23.1 Å². The zero-order chi connectivity index (χ0) is 23.8. The molecule has 2 aromatic heterocycles. The van der Waals surface area contributed by atoms with Gasteiger partial charge in [-0.2, -0.15) is 18.3 Å². The lowest BCUT2D eigenvalue weighted by Crippen LogP contribution is -2.15. The third kappa shape index (κ3) is 4.46. The quantitative estimate of drug-likeness (QED) is 0.419. The molecule has 0 aliphatic carbocycles. The summed E-state index contributed by atoms with van der Waals surface area (Å²) in [6, 6.07) is 11.3. The molecule has 0 saturated carbocycles. The Morgan fingerprint density at radius 3 is 2.52 bits per heavy atom. The van der Waals surface area contributed by atoms with Gasteiger partial charge in [0.15, 0.2) is 5.65 Å². The molecule has 172 valence electrons. The van der Waals surface area contributed by atoms with Crippen LogP contribution in [0.2, 0.25) is 0 Å². The molecule has 2 aromatic carbocycles. The van der Waals surface area contributed by atoms with Crippen molar-refractivity contribution in [2.75, 3.05) is 7.11 Å². The van der Waals surface area contributed by atoms with Crippen LogP contribution in [0.5, 0.6) is 5.75 Å². The summed E-state index contributed by atoms with van der Waals surface area (Å²) in [5.74, 6) is 0.989. The van der Waals surface area contributed by atoms with Crippen molar-refractivity contribution in [3.05, 3.63) is 87.1 Å². The van der Waals surface area contributed by atoms with E-state index in [0.29, 0.717) is 17.1 Å². The van der Waals surface area contributed by atoms with Crippen LogP contribution in [0.4, 0.5) is 17.6 Å². The van der Waals surface area contributed by atoms with Gasteiger partial charge in [-0.15, -0.1) is 0 Å². The minimum Gasteiger partial charge on any atom is -0.497 e. The highest BCUT2D eigenvalue weighted by Crippen LogP contribution is 2.31. The summed E-state index contributed by atoms with van der Waals surface area (Å²) >= 11 is 0. The van der Waals surface area contributed by atoms with Gasteiger partial charge in [-0.1, -0.05) is 24.3 Å². The SMILES string of the molecule is COc1cccc(Cc2nc3c(c(CF)nn3[C@H](C)c3ccc(C(F)(F)F)cc3)c(=O)[nH]2)c1. The van der Waals surface area contributed by atoms with Crippen LogP contribution in [0.15, 0.2) is 53.3 Å². The monoisotopic (exact) mass is 460 g/mol. The molecule has 0 aliphatic heterocycles. The highest BCUT2D eigenvalue weighted by molar-refractivity contribution is 5.77. The third-order valence-corrected chi connectivity index (χ3v) is 5.40. The van der Waals surface area contributed by atoms with Gasteiger partial charge in [-0.3, -0.25) is 4.79 Å². The lowest BCUT2D eigenvalue weighted by atomic mass is 10.1. The summed E-state index contributed by atoms with van der Waals surface area (Å²) in [7, 11) is 1.55. The summed E-state index contributed by atoms with van der Waals surface area (Å²) in [5.41, 5.74) is 0.126. The number of fused-ring (bicyclic) bond motifs is 1. The second-order valence-electron chi connectivity index (χ2n) is 7.56. The van der Waals surface area contributed by atoms with E-state index in [1.54, 1.807) is 26.2 Å². The Kier molecular flexibility index (Phi) is 5.92. The first-order valence-corrected chi connectivity index (χ1v) is 10.1. The number of aromatic nitrogens is 4. The van der Waals surface area contributed by atoms with Crippen molar-refractivity contribution in [2.45, 2.75) is 32.2 Å². The lowest BCUT2D eigenvalue weighted by molar-refractivity contribution is -0.137. The van der Waals surface area contributed by atoms with Crippen LogP contribution in [0.3, 0.4) is 0 Å². The van der Waals surface area contributed by atoms with E-state index in [1.807, 2.05) is 12.1 Å². The number of nitrogens with zero attached hydrogens (tertiary/aromatic N) is 3. The number of aromatic amines is 1. The number of methoxy groups -OCH3 is 1. The predicted octanol–water partition coefficient (Wildman–Crippen LogP) is 4.82. The molecule has 0 radical (unpaired) electrons. The highest BCUT2D eigenvalue weighted by Gasteiger charge is 2.30. The van der Waals surface area contributed by atoms with E-state index in [0.717, 1.165) is 17.7 Å². The van der Waals surface area contributed by atoms with E-state index >= 15 is 0 Å². The fourth-order valence-electron chi connectivity index (χ4n) is 3.67. The van der Waals surface area contributed by atoms with Gasteiger partial charge in [0.05, 0.1) is 18.7 Å². The molecule has 4 aromatic rings. The van der Waals surface area contributed by atoms with Crippen molar-refractivity contribution in [2.24, 2.45) is 0 Å².